The topological polar surface area (TPSA) is 85.2 Å². The number of nitrogens with two attached hydrogens (primary N) is 2. The molecule has 1 saturated heterocycles. The largest absolute Gasteiger partial charge is 0.365 e. The van der Waals surface area contributed by atoms with Gasteiger partial charge in [-0.1, -0.05) is 6.92 Å². The molecule has 0 saturated carbocycles. The lowest BCUT2D eigenvalue weighted by Gasteiger charge is -2.20. The van der Waals surface area contributed by atoms with Crippen LogP contribution >= 0.6 is 0 Å². The van der Waals surface area contributed by atoms with Crippen molar-refractivity contribution in [3.8, 4) is 0 Å². The van der Waals surface area contributed by atoms with Crippen molar-refractivity contribution < 1.29 is 4.79 Å². The summed E-state index contributed by atoms with van der Waals surface area (Å²) in [6, 6.07) is 1.92. The van der Waals surface area contributed by atoms with Crippen molar-refractivity contribution in [2.75, 3.05) is 18.0 Å². The van der Waals surface area contributed by atoms with Gasteiger partial charge in [-0.3, -0.25) is 4.79 Å². The number of carbonyl (C=O) groups is 1. The fourth-order valence-corrected chi connectivity index (χ4v) is 2.25. The van der Waals surface area contributed by atoms with Crippen molar-refractivity contribution in [3.63, 3.8) is 0 Å². The first-order valence-electron chi connectivity index (χ1n) is 5.76. The molecule has 17 heavy (non-hydrogen) atoms. The van der Waals surface area contributed by atoms with E-state index in [4.69, 9.17) is 11.5 Å². The van der Waals surface area contributed by atoms with E-state index in [1.807, 2.05) is 11.8 Å². The van der Waals surface area contributed by atoms with E-state index in [2.05, 4.69) is 11.9 Å². The molecule has 92 valence electrons. The van der Waals surface area contributed by atoms with Crippen LogP contribution in [0.5, 0.6) is 0 Å². The minimum Gasteiger partial charge on any atom is -0.365 e. The normalized spacial score (nSPS) is 24.1. The molecule has 0 aliphatic carbocycles. The number of anilines is 1. The smallest absolute Gasteiger partial charge is 0.252 e. The fourth-order valence-electron chi connectivity index (χ4n) is 2.25. The summed E-state index contributed by atoms with van der Waals surface area (Å²) in [4.78, 5) is 17.8. The molecule has 5 heteroatoms. The Kier molecular flexibility index (Phi) is 3.02. The number of rotatable bonds is 2. The quantitative estimate of drug-likeness (QED) is 0.769. The summed E-state index contributed by atoms with van der Waals surface area (Å²) in [5, 5.41) is 0. The predicted octanol–water partition coefficient (Wildman–Crippen LogP) is 0.272. The van der Waals surface area contributed by atoms with Crippen molar-refractivity contribution >= 4 is 11.7 Å². The molecule has 1 aromatic heterocycles. The van der Waals surface area contributed by atoms with Gasteiger partial charge < -0.3 is 16.4 Å². The molecule has 0 spiro atoms. The van der Waals surface area contributed by atoms with Gasteiger partial charge in [0.25, 0.3) is 5.91 Å². The molecule has 1 aliphatic rings. The van der Waals surface area contributed by atoms with Crippen LogP contribution in [0.1, 0.15) is 22.8 Å². The minimum absolute atomic E-state index is 0.123. The summed E-state index contributed by atoms with van der Waals surface area (Å²) < 4.78 is 0. The maximum atomic E-state index is 11.5. The number of primary amides is 1. The van der Waals surface area contributed by atoms with E-state index in [-0.39, 0.29) is 6.04 Å². The third-order valence-electron chi connectivity index (χ3n) is 3.36. The van der Waals surface area contributed by atoms with Crippen LogP contribution in [0.4, 0.5) is 5.82 Å². The zero-order chi connectivity index (χ0) is 12.6. The van der Waals surface area contributed by atoms with Gasteiger partial charge in [-0.05, 0) is 24.5 Å². The second-order valence-electron chi connectivity index (χ2n) is 4.74. The molecule has 0 radical (unpaired) electrons. The Balaban J connectivity index is 2.39. The number of carbonyl (C=O) groups excluding carboxylic acids is 1. The molecule has 5 nitrogen and oxygen atoms in total. The van der Waals surface area contributed by atoms with Gasteiger partial charge in [0.15, 0.2) is 0 Å². The van der Waals surface area contributed by atoms with Crippen molar-refractivity contribution in [2.45, 2.75) is 19.9 Å². The Morgan fingerprint density at radius 2 is 2.24 bits per heavy atom. The Hall–Kier alpha value is -1.62. The van der Waals surface area contributed by atoms with Crippen LogP contribution in [0.15, 0.2) is 12.3 Å². The number of nitrogens with zero attached hydrogens (tertiary/aromatic N) is 2. The van der Waals surface area contributed by atoms with Crippen LogP contribution in [0, 0.1) is 12.8 Å². The molecule has 1 amide bonds. The van der Waals surface area contributed by atoms with E-state index in [9.17, 15) is 4.79 Å². The summed E-state index contributed by atoms with van der Waals surface area (Å²) in [6.07, 6.45) is 1.70. The van der Waals surface area contributed by atoms with Crippen LogP contribution < -0.4 is 16.4 Å². The first kappa shape index (κ1) is 11.9. The number of pyridine rings is 1. The molecule has 2 unspecified atom stereocenters. The third kappa shape index (κ3) is 2.10. The molecule has 2 atom stereocenters. The summed E-state index contributed by atoms with van der Waals surface area (Å²) in [5.74, 6) is 0.633. The van der Waals surface area contributed by atoms with Crippen molar-refractivity contribution in [1.82, 2.24) is 4.98 Å². The van der Waals surface area contributed by atoms with E-state index in [0.29, 0.717) is 17.3 Å². The van der Waals surface area contributed by atoms with Crippen molar-refractivity contribution in [2.24, 2.45) is 17.4 Å². The van der Waals surface area contributed by atoms with Crippen LogP contribution in [-0.4, -0.2) is 30.0 Å². The van der Waals surface area contributed by atoms with E-state index in [0.717, 1.165) is 18.7 Å². The first-order chi connectivity index (χ1) is 8.00. The van der Waals surface area contributed by atoms with Gasteiger partial charge in [0.05, 0.1) is 5.56 Å². The maximum absolute atomic E-state index is 11.5. The molecule has 1 fully saturated rings. The third-order valence-corrected chi connectivity index (χ3v) is 3.36. The van der Waals surface area contributed by atoms with Gasteiger partial charge in [-0.15, -0.1) is 0 Å². The molecule has 0 bridgehead atoms. The van der Waals surface area contributed by atoms with Crippen LogP contribution in [0.3, 0.4) is 0 Å². The zero-order valence-electron chi connectivity index (χ0n) is 10.2. The lowest BCUT2D eigenvalue weighted by Crippen LogP contribution is -2.30. The SMILES string of the molecule is Cc1ccnc(N2CC(C)C(N)C2)c1C(N)=O. The van der Waals surface area contributed by atoms with E-state index in [1.54, 1.807) is 12.3 Å². The monoisotopic (exact) mass is 234 g/mol. The predicted molar refractivity (Wildman–Crippen MR) is 66.8 cm³/mol. The Bertz CT molecular complexity index is 436. The van der Waals surface area contributed by atoms with Crippen LogP contribution in [-0.2, 0) is 0 Å². The molecule has 1 aliphatic heterocycles. The molecule has 2 rings (SSSR count). The van der Waals surface area contributed by atoms with Crippen molar-refractivity contribution in [3.05, 3.63) is 23.4 Å². The summed E-state index contributed by atoms with van der Waals surface area (Å²) >= 11 is 0. The first-order valence-corrected chi connectivity index (χ1v) is 5.76. The second-order valence-corrected chi connectivity index (χ2v) is 4.74. The zero-order valence-corrected chi connectivity index (χ0v) is 10.2. The molecule has 1 aromatic rings. The number of hydrogen-bond donors (Lipinski definition) is 2. The summed E-state index contributed by atoms with van der Waals surface area (Å²) in [6.45, 7) is 5.50. The van der Waals surface area contributed by atoms with Gasteiger partial charge in [0, 0.05) is 25.3 Å². The molecule has 4 N–H and O–H groups in total. The van der Waals surface area contributed by atoms with Gasteiger partial charge in [0.2, 0.25) is 0 Å². The average Bonchev–Trinajstić information content (AvgIpc) is 2.58. The number of aryl methyl sites for hydroxylation is 1. The van der Waals surface area contributed by atoms with E-state index >= 15 is 0 Å². The van der Waals surface area contributed by atoms with E-state index in [1.165, 1.54) is 0 Å². The maximum Gasteiger partial charge on any atom is 0.252 e. The molecule has 0 aromatic carbocycles. The Morgan fingerprint density at radius 3 is 2.76 bits per heavy atom. The molecule has 2 heterocycles. The minimum atomic E-state index is -0.432. The van der Waals surface area contributed by atoms with Crippen molar-refractivity contribution in [1.29, 1.82) is 0 Å². The van der Waals surface area contributed by atoms with Gasteiger partial charge in [-0.25, -0.2) is 4.98 Å². The van der Waals surface area contributed by atoms with Gasteiger partial charge >= 0.3 is 0 Å². The summed E-state index contributed by atoms with van der Waals surface area (Å²) in [5.41, 5.74) is 12.8. The highest BCUT2D eigenvalue weighted by Crippen LogP contribution is 2.25. The van der Waals surface area contributed by atoms with Crippen LogP contribution in [0.2, 0.25) is 0 Å². The lowest BCUT2D eigenvalue weighted by molar-refractivity contribution is 0.1000. The Labute approximate surface area is 101 Å². The summed E-state index contributed by atoms with van der Waals surface area (Å²) in [7, 11) is 0. The fraction of sp³-hybridized carbons (Fsp3) is 0.500. The Morgan fingerprint density at radius 1 is 1.53 bits per heavy atom. The number of aromatic nitrogens is 1. The van der Waals surface area contributed by atoms with E-state index < -0.39 is 5.91 Å². The molecular formula is C12H18N4O. The number of hydrogen-bond acceptors (Lipinski definition) is 4. The van der Waals surface area contributed by atoms with Gasteiger partial charge in [0.1, 0.15) is 5.82 Å². The molecular weight excluding hydrogens is 216 g/mol. The highest BCUT2D eigenvalue weighted by Gasteiger charge is 2.29. The van der Waals surface area contributed by atoms with Gasteiger partial charge in [-0.2, -0.15) is 0 Å². The standard InChI is InChI=1S/C12H18N4O/c1-7-3-4-15-12(10(7)11(14)17)16-5-8(2)9(13)6-16/h3-4,8-9H,5-6,13H2,1-2H3,(H2,14,17). The average molecular weight is 234 g/mol. The second kappa shape index (κ2) is 4.33. The number of amides is 1. The van der Waals surface area contributed by atoms with Crippen LogP contribution in [0.25, 0.3) is 0 Å². The highest BCUT2D eigenvalue weighted by atomic mass is 16.1. The lowest BCUT2D eigenvalue weighted by atomic mass is 10.1. The highest BCUT2D eigenvalue weighted by molar-refractivity contribution is 5.99.